The highest BCUT2D eigenvalue weighted by Gasteiger charge is 2.32. The lowest BCUT2D eigenvalue weighted by molar-refractivity contribution is 0.185. The Bertz CT molecular complexity index is 458. The van der Waals surface area contributed by atoms with Gasteiger partial charge in [0.1, 0.15) is 5.75 Å². The maximum absolute atomic E-state index is 12.2. The number of aliphatic hydroxyl groups is 1. The van der Waals surface area contributed by atoms with E-state index in [0.29, 0.717) is 18.0 Å². The second-order valence-electron chi connectivity index (χ2n) is 4.78. The van der Waals surface area contributed by atoms with Gasteiger partial charge >= 0.3 is 6.03 Å². The van der Waals surface area contributed by atoms with Crippen molar-refractivity contribution in [2.24, 2.45) is 0 Å². The molecule has 0 saturated heterocycles. The number of urea groups is 1. The highest BCUT2D eigenvalue weighted by Crippen LogP contribution is 2.29. The van der Waals surface area contributed by atoms with Gasteiger partial charge in [0.05, 0.1) is 19.4 Å². The summed E-state index contributed by atoms with van der Waals surface area (Å²) >= 11 is 0. The van der Waals surface area contributed by atoms with Gasteiger partial charge in [0.2, 0.25) is 0 Å². The molecule has 1 saturated carbocycles. The lowest BCUT2D eigenvalue weighted by Gasteiger charge is -2.22. The van der Waals surface area contributed by atoms with Crippen LogP contribution in [0.3, 0.4) is 0 Å². The summed E-state index contributed by atoms with van der Waals surface area (Å²) in [6.45, 7) is 2.31. The maximum atomic E-state index is 12.2. The molecule has 0 aliphatic heterocycles. The predicted molar refractivity (Wildman–Crippen MR) is 73.6 cm³/mol. The zero-order valence-corrected chi connectivity index (χ0v) is 11.3. The number of ether oxygens (including phenoxy) is 1. The molecule has 5 nitrogen and oxygen atoms in total. The second kappa shape index (κ2) is 5.93. The van der Waals surface area contributed by atoms with Gasteiger partial charge in [-0.05, 0) is 37.5 Å². The van der Waals surface area contributed by atoms with Gasteiger partial charge in [0, 0.05) is 12.6 Å². The molecule has 1 aromatic carbocycles. The molecular weight excluding hydrogens is 244 g/mol. The molecule has 1 fully saturated rings. The summed E-state index contributed by atoms with van der Waals surface area (Å²) in [5, 5.41) is 11.9. The molecule has 0 spiro atoms. The van der Waals surface area contributed by atoms with Crippen LogP contribution < -0.4 is 10.1 Å². The van der Waals surface area contributed by atoms with Gasteiger partial charge < -0.3 is 20.1 Å². The summed E-state index contributed by atoms with van der Waals surface area (Å²) < 4.78 is 5.23. The number of carbonyl (C=O) groups is 1. The first kappa shape index (κ1) is 13.7. The van der Waals surface area contributed by atoms with E-state index in [1.165, 1.54) is 0 Å². The number of rotatable bonds is 5. The highest BCUT2D eigenvalue weighted by molar-refractivity contribution is 5.91. The van der Waals surface area contributed by atoms with E-state index in [0.717, 1.165) is 18.4 Å². The number of carbonyl (C=O) groups excluding carboxylic acids is 1. The fourth-order valence-electron chi connectivity index (χ4n) is 2.05. The van der Waals surface area contributed by atoms with Crippen molar-refractivity contribution in [2.45, 2.75) is 25.8 Å². The maximum Gasteiger partial charge on any atom is 0.322 e. The van der Waals surface area contributed by atoms with E-state index in [9.17, 15) is 4.79 Å². The Morgan fingerprint density at radius 1 is 1.53 bits per heavy atom. The number of methoxy groups -OCH3 is 1. The summed E-state index contributed by atoms with van der Waals surface area (Å²) in [4.78, 5) is 13.9. The van der Waals surface area contributed by atoms with Crippen LogP contribution in [0, 0.1) is 6.92 Å². The van der Waals surface area contributed by atoms with Crippen LogP contribution in [0.5, 0.6) is 5.75 Å². The molecule has 0 unspecified atom stereocenters. The van der Waals surface area contributed by atoms with Crippen LogP contribution in [0.1, 0.15) is 18.4 Å². The minimum atomic E-state index is -0.180. The van der Waals surface area contributed by atoms with Crippen molar-refractivity contribution in [3.63, 3.8) is 0 Å². The molecule has 1 aliphatic carbocycles. The van der Waals surface area contributed by atoms with Gasteiger partial charge in [-0.25, -0.2) is 4.79 Å². The van der Waals surface area contributed by atoms with Crippen molar-refractivity contribution < 1.29 is 14.6 Å². The number of aliphatic hydroxyl groups excluding tert-OH is 1. The van der Waals surface area contributed by atoms with E-state index >= 15 is 0 Å². The molecule has 2 amide bonds. The minimum absolute atomic E-state index is 0.0190. The normalized spacial score (nSPS) is 14.1. The standard InChI is InChI=1S/C14H20N2O3/c1-10-3-6-13(19-2)12(9-10)15-14(18)16(7-8-17)11-4-5-11/h3,6,9,11,17H,4-5,7-8H2,1-2H3,(H,15,18). The van der Waals surface area contributed by atoms with E-state index in [1.54, 1.807) is 12.0 Å². The van der Waals surface area contributed by atoms with Crippen molar-refractivity contribution in [3.05, 3.63) is 23.8 Å². The van der Waals surface area contributed by atoms with E-state index in [1.807, 2.05) is 25.1 Å². The zero-order chi connectivity index (χ0) is 13.8. The quantitative estimate of drug-likeness (QED) is 0.855. The number of aryl methyl sites for hydroxylation is 1. The average molecular weight is 264 g/mol. The molecule has 2 N–H and O–H groups in total. The van der Waals surface area contributed by atoms with Crippen molar-refractivity contribution in [3.8, 4) is 5.75 Å². The molecule has 104 valence electrons. The monoisotopic (exact) mass is 264 g/mol. The molecule has 1 aliphatic rings. The van der Waals surface area contributed by atoms with Crippen LogP contribution in [-0.2, 0) is 0 Å². The first-order valence-corrected chi connectivity index (χ1v) is 6.49. The number of hydrogen-bond acceptors (Lipinski definition) is 3. The number of anilines is 1. The topological polar surface area (TPSA) is 61.8 Å². The summed E-state index contributed by atoms with van der Waals surface area (Å²) in [7, 11) is 1.58. The molecule has 19 heavy (non-hydrogen) atoms. The summed E-state index contributed by atoms with van der Waals surface area (Å²) in [6.07, 6.45) is 2.02. The lowest BCUT2D eigenvalue weighted by atomic mass is 10.2. The first-order valence-electron chi connectivity index (χ1n) is 6.49. The number of amides is 2. The Morgan fingerprint density at radius 3 is 2.84 bits per heavy atom. The fraction of sp³-hybridized carbons (Fsp3) is 0.500. The van der Waals surface area contributed by atoms with Gasteiger partial charge in [-0.1, -0.05) is 6.07 Å². The molecule has 0 aromatic heterocycles. The molecular formula is C14H20N2O3. The summed E-state index contributed by atoms with van der Waals surface area (Å²) in [6, 6.07) is 5.73. The van der Waals surface area contributed by atoms with Crippen LogP contribution in [0.4, 0.5) is 10.5 Å². The Hall–Kier alpha value is -1.75. The highest BCUT2D eigenvalue weighted by atomic mass is 16.5. The van der Waals surface area contributed by atoms with E-state index < -0.39 is 0 Å². The molecule has 0 heterocycles. The molecule has 1 aromatic rings. The van der Waals surface area contributed by atoms with E-state index in [2.05, 4.69) is 5.32 Å². The number of nitrogens with zero attached hydrogens (tertiary/aromatic N) is 1. The van der Waals surface area contributed by atoms with Crippen LogP contribution in [0.2, 0.25) is 0 Å². The fourth-order valence-corrected chi connectivity index (χ4v) is 2.05. The van der Waals surface area contributed by atoms with Gasteiger partial charge in [-0.3, -0.25) is 0 Å². The average Bonchev–Trinajstić information content (AvgIpc) is 3.20. The number of benzene rings is 1. The SMILES string of the molecule is COc1ccc(C)cc1NC(=O)N(CCO)C1CC1. The summed E-state index contributed by atoms with van der Waals surface area (Å²) in [5.41, 5.74) is 1.72. The van der Waals surface area contributed by atoms with Crippen molar-refractivity contribution in [2.75, 3.05) is 25.6 Å². The lowest BCUT2D eigenvalue weighted by Crippen LogP contribution is -2.38. The Labute approximate surface area is 113 Å². The van der Waals surface area contributed by atoms with Gasteiger partial charge in [-0.15, -0.1) is 0 Å². The van der Waals surface area contributed by atoms with Crippen LogP contribution >= 0.6 is 0 Å². The largest absolute Gasteiger partial charge is 0.495 e. The van der Waals surface area contributed by atoms with Crippen molar-refractivity contribution in [1.29, 1.82) is 0 Å². The summed E-state index contributed by atoms with van der Waals surface area (Å²) in [5.74, 6) is 0.638. The molecule has 0 bridgehead atoms. The van der Waals surface area contributed by atoms with E-state index in [4.69, 9.17) is 9.84 Å². The Morgan fingerprint density at radius 2 is 2.26 bits per heavy atom. The van der Waals surface area contributed by atoms with Crippen molar-refractivity contribution >= 4 is 11.7 Å². The van der Waals surface area contributed by atoms with Gasteiger partial charge in [-0.2, -0.15) is 0 Å². The van der Waals surface area contributed by atoms with Crippen LogP contribution in [0.25, 0.3) is 0 Å². The Balaban J connectivity index is 2.10. The van der Waals surface area contributed by atoms with Crippen LogP contribution in [-0.4, -0.2) is 42.3 Å². The third-order valence-electron chi connectivity index (χ3n) is 3.19. The molecule has 2 rings (SSSR count). The molecule has 5 heteroatoms. The molecule has 0 atom stereocenters. The zero-order valence-electron chi connectivity index (χ0n) is 11.3. The van der Waals surface area contributed by atoms with Gasteiger partial charge in [0.15, 0.2) is 0 Å². The number of nitrogens with one attached hydrogen (secondary N) is 1. The predicted octanol–water partition coefficient (Wildman–Crippen LogP) is 1.99. The second-order valence-corrected chi connectivity index (χ2v) is 4.78. The van der Waals surface area contributed by atoms with Crippen LogP contribution in [0.15, 0.2) is 18.2 Å². The third kappa shape index (κ3) is 3.38. The number of hydrogen-bond donors (Lipinski definition) is 2. The Kier molecular flexibility index (Phi) is 4.27. The minimum Gasteiger partial charge on any atom is -0.495 e. The first-order chi connectivity index (χ1) is 9.15. The van der Waals surface area contributed by atoms with Crippen molar-refractivity contribution in [1.82, 2.24) is 4.90 Å². The van der Waals surface area contributed by atoms with Gasteiger partial charge in [0.25, 0.3) is 0 Å². The third-order valence-corrected chi connectivity index (χ3v) is 3.19. The molecule has 0 radical (unpaired) electrons. The smallest absolute Gasteiger partial charge is 0.322 e. The van der Waals surface area contributed by atoms with E-state index in [-0.39, 0.29) is 18.7 Å².